The molecule has 184 valence electrons. The first-order valence-corrected chi connectivity index (χ1v) is 11.4. The molecule has 1 aliphatic heterocycles. The quantitative estimate of drug-likeness (QED) is 0.539. The molecule has 0 radical (unpaired) electrons. The summed E-state index contributed by atoms with van der Waals surface area (Å²) in [5, 5.41) is 13.4. The summed E-state index contributed by atoms with van der Waals surface area (Å²) < 4.78 is 30.8. The van der Waals surface area contributed by atoms with E-state index in [1.54, 1.807) is 42.6 Å². The van der Waals surface area contributed by atoms with Crippen molar-refractivity contribution in [3.05, 3.63) is 34.0 Å². The van der Waals surface area contributed by atoms with E-state index in [0.29, 0.717) is 41.6 Å². The van der Waals surface area contributed by atoms with Crippen LogP contribution in [0.3, 0.4) is 0 Å². The fourth-order valence-electron chi connectivity index (χ4n) is 3.95. The maximum atomic E-state index is 13.9. The number of hydrogen-bond acceptors (Lipinski definition) is 7. The Labute approximate surface area is 200 Å². The van der Waals surface area contributed by atoms with Crippen LogP contribution in [0.2, 0.25) is 5.02 Å². The molecule has 1 fully saturated rings. The number of piperidine rings is 1. The summed E-state index contributed by atoms with van der Waals surface area (Å²) >= 11 is 6.30. The molecule has 1 atom stereocenters. The second-order valence-electron chi connectivity index (χ2n) is 9.47. The third-order valence-electron chi connectivity index (χ3n) is 6.13. The molecule has 0 spiro atoms. The van der Waals surface area contributed by atoms with Crippen molar-refractivity contribution in [1.82, 2.24) is 24.1 Å². The summed E-state index contributed by atoms with van der Waals surface area (Å²) in [5.74, 6) is -2.91. The minimum absolute atomic E-state index is 0.138. The van der Waals surface area contributed by atoms with Crippen molar-refractivity contribution in [3.63, 3.8) is 0 Å². The largest absolute Gasteiger partial charge is 0.390 e. The maximum absolute atomic E-state index is 13.9. The van der Waals surface area contributed by atoms with E-state index in [1.165, 1.54) is 17.7 Å². The van der Waals surface area contributed by atoms with Gasteiger partial charge in [-0.3, -0.25) is 9.13 Å². The van der Waals surface area contributed by atoms with E-state index >= 15 is 0 Å². The minimum atomic E-state index is -2.71. The number of aromatic nitrogens is 5. The summed E-state index contributed by atoms with van der Waals surface area (Å²) in [5.41, 5.74) is 0.483. The zero-order valence-corrected chi connectivity index (χ0v) is 20.3. The van der Waals surface area contributed by atoms with Gasteiger partial charge in [-0.25, -0.2) is 23.5 Å². The zero-order valence-electron chi connectivity index (χ0n) is 19.5. The van der Waals surface area contributed by atoms with E-state index in [1.807, 2.05) is 0 Å². The van der Waals surface area contributed by atoms with Gasteiger partial charge in [0.1, 0.15) is 5.02 Å². The third-order valence-corrected chi connectivity index (χ3v) is 6.40. The van der Waals surface area contributed by atoms with E-state index in [9.17, 15) is 18.7 Å². The molecule has 0 saturated carbocycles. The van der Waals surface area contributed by atoms with E-state index in [2.05, 4.69) is 20.3 Å². The Kier molecular flexibility index (Phi) is 6.28. The standard InChI is InChI=1S/C22H28ClF2N7O2/c1-13-12-31(7-6-22(13,24)25)19-27-11-15(23)17(29-19)28-14-9-16-18(26-10-14)30(4)20(33)32(16)8-5-21(2,3)34/h9-11,13,34H,5-8,12H2,1-4H3,(H,27,28,29). The van der Waals surface area contributed by atoms with Crippen molar-refractivity contribution < 1.29 is 13.9 Å². The number of alkyl halides is 2. The molecule has 3 aromatic heterocycles. The molecule has 4 heterocycles. The maximum Gasteiger partial charge on any atom is 0.330 e. The molecule has 2 N–H and O–H groups in total. The molecule has 1 unspecified atom stereocenters. The normalized spacial score (nSPS) is 18.5. The van der Waals surface area contributed by atoms with Gasteiger partial charge in [-0.2, -0.15) is 4.98 Å². The van der Waals surface area contributed by atoms with E-state index < -0.39 is 17.4 Å². The number of imidazole rings is 1. The van der Waals surface area contributed by atoms with Crippen molar-refractivity contribution in [1.29, 1.82) is 0 Å². The fraction of sp³-hybridized carbons (Fsp3) is 0.545. The lowest BCUT2D eigenvalue weighted by atomic mass is 9.96. The van der Waals surface area contributed by atoms with Crippen molar-refractivity contribution in [3.8, 4) is 0 Å². The molecule has 1 aliphatic rings. The van der Waals surface area contributed by atoms with E-state index in [-0.39, 0.29) is 30.2 Å². The summed E-state index contributed by atoms with van der Waals surface area (Å²) in [6.45, 7) is 5.49. The lowest BCUT2D eigenvalue weighted by Crippen LogP contribution is -2.46. The van der Waals surface area contributed by atoms with Crippen LogP contribution in [0, 0.1) is 5.92 Å². The lowest BCUT2D eigenvalue weighted by molar-refractivity contribution is -0.0653. The highest BCUT2D eigenvalue weighted by atomic mass is 35.5. The molecule has 12 heteroatoms. The summed E-state index contributed by atoms with van der Waals surface area (Å²) in [6, 6.07) is 1.76. The number of nitrogens with zero attached hydrogens (tertiary/aromatic N) is 6. The van der Waals surface area contributed by atoms with Crippen LogP contribution in [0.25, 0.3) is 11.2 Å². The van der Waals surface area contributed by atoms with Gasteiger partial charge in [0, 0.05) is 39.0 Å². The van der Waals surface area contributed by atoms with Gasteiger partial charge in [-0.1, -0.05) is 18.5 Å². The number of rotatable bonds is 6. The van der Waals surface area contributed by atoms with Crippen LogP contribution in [0.5, 0.6) is 0 Å². The number of halogens is 3. The number of hydrogen-bond donors (Lipinski definition) is 2. The Bertz CT molecular complexity index is 1270. The number of pyridine rings is 1. The molecule has 0 bridgehead atoms. The average Bonchev–Trinajstić information content (AvgIpc) is 2.99. The van der Waals surface area contributed by atoms with E-state index in [0.717, 1.165) is 0 Å². The van der Waals surface area contributed by atoms with Crippen molar-refractivity contribution >= 4 is 40.2 Å². The highest BCUT2D eigenvalue weighted by Crippen LogP contribution is 2.35. The second kappa shape index (κ2) is 8.77. The molecule has 3 aromatic rings. The summed E-state index contributed by atoms with van der Waals surface area (Å²) in [4.78, 5) is 27.5. The molecule has 0 aliphatic carbocycles. The molecule has 9 nitrogen and oxygen atoms in total. The van der Waals surface area contributed by atoms with Gasteiger partial charge in [-0.05, 0) is 26.3 Å². The molecule has 0 amide bonds. The summed E-state index contributed by atoms with van der Waals surface area (Å²) in [7, 11) is 1.64. The van der Waals surface area contributed by atoms with Crippen LogP contribution in [-0.2, 0) is 13.6 Å². The first kappa shape index (κ1) is 24.3. The Balaban J connectivity index is 1.62. The highest BCUT2D eigenvalue weighted by Gasteiger charge is 2.41. The van der Waals surface area contributed by atoms with Crippen LogP contribution in [0.1, 0.15) is 33.6 Å². The summed E-state index contributed by atoms with van der Waals surface area (Å²) in [6.07, 6.45) is 3.11. The number of aryl methyl sites for hydroxylation is 2. The number of aliphatic hydroxyl groups is 1. The Morgan fingerprint density at radius 2 is 2.06 bits per heavy atom. The smallest absolute Gasteiger partial charge is 0.330 e. The van der Waals surface area contributed by atoms with Gasteiger partial charge in [0.2, 0.25) is 5.95 Å². The zero-order chi connectivity index (χ0) is 24.8. The highest BCUT2D eigenvalue weighted by molar-refractivity contribution is 6.32. The molecular formula is C22H28ClF2N7O2. The van der Waals surface area contributed by atoms with Gasteiger partial charge in [-0.15, -0.1) is 0 Å². The Hall–Kier alpha value is -2.79. The Morgan fingerprint density at radius 3 is 2.74 bits per heavy atom. The monoisotopic (exact) mass is 495 g/mol. The van der Waals surface area contributed by atoms with Crippen LogP contribution in [0.4, 0.5) is 26.2 Å². The number of nitrogens with one attached hydrogen (secondary N) is 1. The van der Waals surface area contributed by atoms with Crippen LogP contribution < -0.4 is 15.9 Å². The van der Waals surface area contributed by atoms with Gasteiger partial charge in [0.05, 0.1) is 29.2 Å². The predicted octanol–water partition coefficient (Wildman–Crippen LogP) is 3.56. The van der Waals surface area contributed by atoms with Crippen LogP contribution in [0.15, 0.2) is 23.3 Å². The molecular weight excluding hydrogens is 468 g/mol. The van der Waals surface area contributed by atoms with E-state index in [4.69, 9.17) is 11.6 Å². The first-order valence-electron chi connectivity index (χ1n) is 11.1. The Morgan fingerprint density at radius 1 is 1.32 bits per heavy atom. The minimum Gasteiger partial charge on any atom is -0.390 e. The first-order chi connectivity index (χ1) is 15.9. The average molecular weight is 496 g/mol. The topological polar surface area (TPSA) is 101 Å². The third kappa shape index (κ3) is 4.85. The molecule has 34 heavy (non-hydrogen) atoms. The molecule has 0 aromatic carbocycles. The molecule has 4 rings (SSSR count). The lowest BCUT2D eigenvalue weighted by Gasteiger charge is -2.36. The second-order valence-corrected chi connectivity index (χ2v) is 9.88. The van der Waals surface area contributed by atoms with Crippen molar-refractivity contribution in [2.75, 3.05) is 23.3 Å². The van der Waals surface area contributed by atoms with Gasteiger partial charge in [0.15, 0.2) is 11.5 Å². The number of fused-ring (bicyclic) bond motifs is 1. The van der Waals surface area contributed by atoms with Crippen LogP contribution in [-0.4, -0.2) is 53.8 Å². The van der Waals surface area contributed by atoms with Crippen molar-refractivity contribution in [2.45, 2.75) is 51.7 Å². The number of anilines is 3. The predicted molar refractivity (Wildman–Crippen MR) is 127 cm³/mol. The van der Waals surface area contributed by atoms with Crippen LogP contribution >= 0.6 is 11.6 Å². The SMILES string of the molecule is CC1CN(c2ncc(Cl)c(Nc3cnc4c(c3)n(CCC(C)(C)O)c(=O)n4C)n2)CCC1(F)F. The van der Waals surface area contributed by atoms with Gasteiger partial charge < -0.3 is 15.3 Å². The molecule has 1 saturated heterocycles. The van der Waals surface area contributed by atoms with Gasteiger partial charge in [0.25, 0.3) is 5.92 Å². The van der Waals surface area contributed by atoms with Gasteiger partial charge >= 0.3 is 5.69 Å². The fourth-order valence-corrected chi connectivity index (χ4v) is 4.09. The van der Waals surface area contributed by atoms with Crippen molar-refractivity contribution in [2.24, 2.45) is 13.0 Å².